The molecule has 0 atom stereocenters. The van der Waals surface area contributed by atoms with Crippen LogP contribution in [0.25, 0.3) is 0 Å². The van der Waals surface area contributed by atoms with E-state index in [1.807, 2.05) is 24.3 Å². The number of hydrogen-bond acceptors (Lipinski definition) is 5. The summed E-state index contributed by atoms with van der Waals surface area (Å²) in [5.74, 6) is 0.305. The molecule has 0 aliphatic carbocycles. The van der Waals surface area contributed by atoms with Crippen molar-refractivity contribution in [1.29, 1.82) is 0 Å². The van der Waals surface area contributed by atoms with Gasteiger partial charge in [-0.25, -0.2) is 4.79 Å². The molecule has 0 fully saturated rings. The van der Waals surface area contributed by atoms with Crippen LogP contribution in [0.5, 0.6) is 5.75 Å². The van der Waals surface area contributed by atoms with Gasteiger partial charge in [-0.2, -0.15) is 0 Å². The summed E-state index contributed by atoms with van der Waals surface area (Å²) in [5, 5.41) is 2.64. The van der Waals surface area contributed by atoms with Crippen LogP contribution in [0.2, 0.25) is 0 Å². The van der Waals surface area contributed by atoms with Gasteiger partial charge in [-0.15, -0.1) is 11.8 Å². The van der Waals surface area contributed by atoms with Gasteiger partial charge in [-0.3, -0.25) is 4.79 Å². The first kappa shape index (κ1) is 16.4. The Kier molecular flexibility index (Phi) is 5.88. The van der Waals surface area contributed by atoms with Crippen LogP contribution in [0.15, 0.2) is 29.2 Å². The highest BCUT2D eigenvalue weighted by Crippen LogP contribution is 2.21. The monoisotopic (exact) mass is 297 g/mol. The van der Waals surface area contributed by atoms with Gasteiger partial charge in [0.1, 0.15) is 11.3 Å². The van der Waals surface area contributed by atoms with Crippen molar-refractivity contribution in [2.24, 2.45) is 0 Å². The molecule has 1 aromatic rings. The lowest BCUT2D eigenvalue weighted by atomic mass is 10.1. The Hall–Kier alpha value is -1.69. The van der Waals surface area contributed by atoms with Gasteiger partial charge < -0.3 is 14.8 Å². The van der Waals surface area contributed by atoms with Gasteiger partial charge in [0.05, 0.1) is 20.0 Å². The van der Waals surface area contributed by atoms with Crippen LogP contribution in [-0.4, -0.2) is 37.4 Å². The van der Waals surface area contributed by atoms with E-state index >= 15 is 0 Å². The normalized spacial score (nSPS) is 10.8. The molecular weight excluding hydrogens is 278 g/mol. The summed E-state index contributed by atoms with van der Waals surface area (Å²) in [4.78, 5) is 24.2. The Morgan fingerprint density at radius 3 is 2.30 bits per heavy atom. The second-order valence-corrected chi connectivity index (χ2v) is 5.68. The van der Waals surface area contributed by atoms with Gasteiger partial charge in [0, 0.05) is 4.90 Å². The summed E-state index contributed by atoms with van der Waals surface area (Å²) in [6.45, 7) is 3.21. The number of nitrogens with one attached hydrogen (secondary N) is 1. The van der Waals surface area contributed by atoms with Gasteiger partial charge >= 0.3 is 5.97 Å². The predicted octanol–water partition coefficient (Wildman–Crippen LogP) is 1.86. The van der Waals surface area contributed by atoms with E-state index in [0.29, 0.717) is 0 Å². The van der Waals surface area contributed by atoms with Crippen molar-refractivity contribution in [3.63, 3.8) is 0 Å². The Bertz CT molecular complexity index is 471. The number of methoxy groups -OCH3 is 2. The summed E-state index contributed by atoms with van der Waals surface area (Å²) in [5.41, 5.74) is -1.02. The summed E-state index contributed by atoms with van der Waals surface area (Å²) in [6.07, 6.45) is 0. The molecule has 0 unspecified atom stereocenters. The third-order valence-electron chi connectivity index (χ3n) is 2.58. The van der Waals surface area contributed by atoms with Gasteiger partial charge in [0.2, 0.25) is 5.91 Å². The summed E-state index contributed by atoms with van der Waals surface area (Å²) >= 11 is 1.39. The van der Waals surface area contributed by atoms with Crippen LogP contribution < -0.4 is 10.1 Å². The third kappa shape index (κ3) is 4.77. The number of esters is 1. The zero-order valence-corrected chi connectivity index (χ0v) is 12.9. The predicted molar refractivity (Wildman–Crippen MR) is 78.0 cm³/mol. The van der Waals surface area contributed by atoms with E-state index < -0.39 is 11.5 Å². The third-order valence-corrected chi connectivity index (χ3v) is 3.59. The summed E-state index contributed by atoms with van der Waals surface area (Å²) in [6, 6.07) is 7.42. The maximum atomic E-state index is 11.8. The number of rotatable bonds is 6. The minimum atomic E-state index is -1.02. The van der Waals surface area contributed by atoms with Crippen LogP contribution >= 0.6 is 11.8 Å². The van der Waals surface area contributed by atoms with E-state index in [1.54, 1.807) is 21.0 Å². The highest BCUT2D eigenvalue weighted by molar-refractivity contribution is 8.00. The molecule has 0 heterocycles. The molecule has 0 radical (unpaired) electrons. The molecule has 0 saturated heterocycles. The largest absolute Gasteiger partial charge is 0.497 e. The second kappa shape index (κ2) is 7.19. The summed E-state index contributed by atoms with van der Waals surface area (Å²) < 4.78 is 9.69. The van der Waals surface area contributed by atoms with E-state index in [4.69, 9.17) is 4.74 Å². The molecule has 0 bridgehead atoms. The average molecular weight is 297 g/mol. The van der Waals surface area contributed by atoms with Gasteiger partial charge in [-0.1, -0.05) is 0 Å². The van der Waals surface area contributed by atoms with Crippen LogP contribution in [0, 0.1) is 0 Å². The van der Waals surface area contributed by atoms with Crippen LogP contribution in [0.1, 0.15) is 13.8 Å². The number of ether oxygens (including phenoxy) is 2. The molecule has 5 nitrogen and oxygen atoms in total. The Morgan fingerprint density at radius 1 is 1.20 bits per heavy atom. The number of carbonyl (C=O) groups is 2. The SMILES string of the molecule is COC(=O)C(C)(C)NC(=O)CSc1ccc(OC)cc1. The zero-order valence-electron chi connectivity index (χ0n) is 12.1. The molecule has 110 valence electrons. The highest BCUT2D eigenvalue weighted by atomic mass is 32.2. The quantitative estimate of drug-likeness (QED) is 0.641. The first-order valence-electron chi connectivity index (χ1n) is 6.05. The molecule has 1 aromatic carbocycles. The molecule has 0 aliphatic heterocycles. The van der Waals surface area contributed by atoms with Crippen molar-refractivity contribution in [3.8, 4) is 5.75 Å². The summed E-state index contributed by atoms with van der Waals surface area (Å²) in [7, 11) is 2.90. The smallest absolute Gasteiger partial charge is 0.330 e. The Labute approximate surface area is 123 Å². The topological polar surface area (TPSA) is 64.6 Å². The fraction of sp³-hybridized carbons (Fsp3) is 0.429. The van der Waals surface area contributed by atoms with Crippen molar-refractivity contribution in [2.45, 2.75) is 24.3 Å². The minimum absolute atomic E-state index is 0.221. The fourth-order valence-electron chi connectivity index (χ4n) is 1.51. The van der Waals surface area contributed by atoms with E-state index in [9.17, 15) is 9.59 Å². The number of carbonyl (C=O) groups excluding carboxylic acids is 2. The van der Waals surface area contributed by atoms with E-state index in [2.05, 4.69) is 10.1 Å². The number of thioether (sulfide) groups is 1. The molecule has 6 heteroatoms. The molecule has 1 rings (SSSR count). The van der Waals surface area contributed by atoms with Crippen LogP contribution in [0.4, 0.5) is 0 Å². The Balaban J connectivity index is 2.48. The molecule has 1 N–H and O–H groups in total. The number of benzene rings is 1. The number of amides is 1. The van der Waals surface area contributed by atoms with Crippen LogP contribution in [0.3, 0.4) is 0 Å². The molecule has 0 saturated carbocycles. The molecule has 0 spiro atoms. The van der Waals surface area contributed by atoms with Crippen molar-refractivity contribution in [3.05, 3.63) is 24.3 Å². The van der Waals surface area contributed by atoms with E-state index in [-0.39, 0.29) is 11.7 Å². The molecule has 0 aromatic heterocycles. The zero-order chi connectivity index (χ0) is 15.2. The lowest BCUT2D eigenvalue weighted by molar-refractivity contribution is -0.149. The molecular formula is C14H19NO4S. The molecule has 20 heavy (non-hydrogen) atoms. The maximum Gasteiger partial charge on any atom is 0.330 e. The average Bonchev–Trinajstić information content (AvgIpc) is 2.44. The standard InChI is InChI=1S/C14H19NO4S/c1-14(2,13(17)19-4)15-12(16)9-20-11-7-5-10(18-3)6-8-11/h5-8H,9H2,1-4H3,(H,15,16). The van der Waals surface area contributed by atoms with E-state index in [1.165, 1.54) is 18.9 Å². The van der Waals surface area contributed by atoms with Crippen molar-refractivity contribution >= 4 is 23.6 Å². The van der Waals surface area contributed by atoms with E-state index in [0.717, 1.165) is 10.6 Å². The molecule has 0 aliphatic rings. The van der Waals surface area contributed by atoms with Crippen molar-refractivity contribution < 1.29 is 19.1 Å². The number of hydrogen-bond donors (Lipinski definition) is 1. The van der Waals surface area contributed by atoms with Gasteiger partial charge in [-0.05, 0) is 38.1 Å². The lowest BCUT2D eigenvalue weighted by Gasteiger charge is -2.22. The van der Waals surface area contributed by atoms with Gasteiger partial charge in [0.15, 0.2) is 0 Å². The molecule has 1 amide bonds. The van der Waals surface area contributed by atoms with Crippen molar-refractivity contribution in [1.82, 2.24) is 5.32 Å². The van der Waals surface area contributed by atoms with Gasteiger partial charge in [0.25, 0.3) is 0 Å². The lowest BCUT2D eigenvalue weighted by Crippen LogP contribution is -2.50. The van der Waals surface area contributed by atoms with Crippen molar-refractivity contribution in [2.75, 3.05) is 20.0 Å². The second-order valence-electron chi connectivity index (χ2n) is 4.63. The fourth-order valence-corrected chi connectivity index (χ4v) is 2.21. The highest BCUT2D eigenvalue weighted by Gasteiger charge is 2.30. The maximum absolute atomic E-state index is 11.8. The minimum Gasteiger partial charge on any atom is -0.497 e. The Morgan fingerprint density at radius 2 is 1.80 bits per heavy atom. The first-order chi connectivity index (χ1) is 9.39. The van der Waals surface area contributed by atoms with Crippen LogP contribution in [-0.2, 0) is 14.3 Å². The first-order valence-corrected chi connectivity index (χ1v) is 7.04.